The number of nitrogens with zero attached hydrogens (tertiary/aromatic N) is 2. The molecule has 0 bridgehead atoms. The van der Waals surface area contributed by atoms with Gasteiger partial charge in [0.1, 0.15) is 0 Å². The van der Waals surface area contributed by atoms with Crippen LogP contribution in [0.15, 0.2) is 10.4 Å². The van der Waals surface area contributed by atoms with Crippen molar-refractivity contribution < 1.29 is 14.3 Å². The largest absolute Gasteiger partial charge is 0.469 e. The highest BCUT2D eigenvalue weighted by Crippen LogP contribution is 2.27. The Morgan fingerprint density at radius 1 is 1.55 bits per heavy atom. The van der Waals surface area contributed by atoms with Crippen molar-refractivity contribution >= 4 is 40.1 Å². The molecule has 1 amide bonds. The number of carbonyl (C=O) groups excluding carboxylic acids is 2. The second-order valence-corrected chi connectivity index (χ2v) is 6.82. The molecule has 20 heavy (non-hydrogen) atoms. The highest BCUT2D eigenvalue weighted by Gasteiger charge is 2.27. The van der Waals surface area contributed by atoms with E-state index in [2.05, 4.69) is 4.98 Å². The first-order valence-corrected chi connectivity index (χ1v) is 8.10. The van der Waals surface area contributed by atoms with Crippen LogP contribution in [0.1, 0.15) is 12.8 Å². The molecule has 1 aromatic heterocycles. The number of thioether (sulfide) groups is 1. The summed E-state index contributed by atoms with van der Waals surface area (Å²) in [5.41, 5.74) is 5.54. The van der Waals surface area contributed by atoms with E-state index >= 15 is 0 Å². The lowest BCUT2D eigenvalue weighted by atomic mass is 9.97. The number of methoxy groups -OCH3 is 1. The SMILES string of the molecule is COC(=O)C1CCN(C(=O)CSc2cnc(N)s2)CC1. The van der Waals surface area contributed by atoms with Crippen LogP contribution in [-0.4, -0.2) is 47.7 Å². The fourth-order valence-electron chi connectivity index (χ4n) is 2.09. The normalized spacial score (nSPS) is 16.1. The van der Waals surface area contributed by atoms with Crippen molar-refractivity contribution in [1.29, 1.82) is 0 Å². The van der Waals surface area contributed by atoms with E-state index in [1.54, 1.807) is 11.1 Å². The zero-order valence-corrected chi connectivity index (χ0v) is 12.8. The summed E-state index contributed by atoms with van der Waals surface area (Å²) < 4.78 is 5.67. The molecule has 0 saturated carbocycles. The van der Waals surface area contributed by atoms with Gasteiger partial charge in [0, 0.05) is 13.1 Å². The van der Waals surface area contributed by atoms with Gasteiger partial charge in [-0.1, -0.05) is 11.3 Å². The van der Waals surface area contributed by atoms with Gasteiger partial charge in [-0.3, -0.25) is 9.59 Å². The molecule has 1 saturated heterocycles. The van der Waals surface area contributed by atoms with Gasteiger partial charge in [0.2, 0.25) is 5.91 Å². The number of aromatic nitrogens is 1. The van der Waals surface area contributed by atoms with Gasteiger partial charge in [0.05, 0.1) is 29.2 Å². The summed E-state index contributed by atoms with van der Waals surface area (Å²) >= 11 is 2.83. The van der Waals surface area contributed by atoms with Crippen LogP contribution in [0.2, 0.25) is 0 Å². The Bertz CT molecular complexity index is 484. The van der Waals surface area contributed by atoms with E-state index in [1.807, 2.05) is 0 Å². The van der Waals surface area contributed by atoms with E-state index in [4.69, 9.17) is 10.5 Å². The number of nitrogens with two attached hydrogens (primary N) is 1. The molecule has 0 spiro atoms. The first kappa shape index (κ1) is 15.1. The van der Waals surface area contributed by atoms with E-state index in [1.165, 1.54) is 30.2 Å². The van der Waals surface area contributed by atoms with Crippen molar-refractivity contribution in [2.24, 2.45) is 5.92 Å². The number of anilines is 1. The number of nitrogen functional groups attached to an aromatic ring is 1. The van der Waals surface area contributed by atoms with Gasteiger partial charge in [0.15, 0.2) is 5.13 Å². The molecule has 0 aliphatic carbocycles. The molecule has 1 aromatic rings. The average Bonchev–Trinajstić information content (AvgIpc) is 2.89. The molecule has 8 heteroatoms. The number of thiazole rings is 1. The Balaban J connectivity index is 1.76. The fourth-order valence-corrected chi connectivity index (χ4v) is 3.76. The number of ether oxygens (including phenoxy) is 1. The second-order valence-electron chi connectivity index (χ2n) is 4.48. The van der Waals surface area contributed by atoms with E-state index in [-0.39, 0.29) is 17.8 Å². The maximum Gasteiger partial charge on any atom is 0.308 e. The highest BCUT2D eigenvalue weighted by molar-refractivity contribution is 8.01. The summed E-state index contributed by atoms with van der Waals surface area (Å²) in [7, 11) is 1.40. The Morgan fingerprint density at radius 2 is 2.25 bits per heavy atom. The van der Waals surface area contributed by atoms with Gasteiger partial charge >= 0.3 is 5.97 Å². The van der Waals surface area contributed by atoms with Crippen molar-refractivity contribution in [3.63, 3.8) is 0 Å². The minimum absolute atomic E-state index is 0.0713. The van der Waals surface area contributed by atoms with Gasteiger partial charge in [-0.05, 0) is 12.8 Å². The van der Waals surface area contributed by atoms with Crippen LogP contribution in [-0.2, 0) is 14.3 Å². The number of piperidine rings is 1. The lowest BCUT2D eigenvalue weighted by molar-refractivity contribution is -0.148. The van der Waals surface area contributed by atoms with E-state index in [0.717, 1.165) is 4.21 Å². The van der Waals surface area contributed by atoms with Crippen LogP contribution in [0.25, 0.3) is 0 Å². The topological polar surface area (TPSA) is 85.5 Å². The molecule has 2 rings (SSSR count). The van der Waals surface area contributed by atoms with Crippen LogP contribution >= 0.6 is 23.1 Å². The van der Waals surface area contributed by atoms with Crippen molar-refractivity contribution in [3.8, 4) is 0 Å². The van der Waals surface area contributed by atoms with Crippen LogP contribution in [0.3, 0.4) is 0 Å². The zero-order chi connectivity index (χ0) is 14.5. The molecule has 2 heterocycles. The first-order valence-electron chi connectivity index (χ1n) is 6.30. The molecule has 1 aliphatic heterocycles. The monoisotopic (exact) mass is 315 g/mol. The number of esters is 1. The Morgan fingerprint density at radius 3 is 2.80 bits per heavy atom. The predicted octanol–water partition coefficient (Wildman–Crippen LogP) is 1.23. The molecule has 2 N–H and O–H groups in total. The van der Waals surface area contributed by atoms with E-state index in [9.17, 15) is 9.59 Å². The van der Waals surface area contributed by atoms with Crippen LogP contribution < -0.4 is 5.73 Å². The van der Waals surface area contributed by atoms with Gasteiger partial charge < -0.3 is 15.4 Å². The lowest BCUT2D eigenvalue weighted by Gasteiger charge is -2.30. The van der Waals surface area contributed by atoms with E-state index < -0.39 is 0 Å². The Hall–Kier alpha value is -1.28. The van der Waals surface area contributed by atoms with Gasteiger partial charge in [-0.15, -0.1) is 11.8 Å². The number of rotatable bonds is 4. The third-order valence-electron chi connectivity index (χ3n) is 3.22. The third kappa shape index (κ3) is 3.86. The standard InChI is InChI=1S/C12H17N3O3S2/c1-18-11(17)8-2-4-15(5-3-8)9(16)7-19-10-6-14-12(13)20-10/h6,8H,2-5,7H2,1H3,(H2,13,14). The molecule has 0 atom stereocenters. The molecule has 0 aromatic carbocycles. The number of carbonyl (C=O) groups is 2. The van der Waals surface area contributed by atoms with Crippen molar-refractivity contribution in [1.82, 2.24) is 9.88 Å². The van der Waals surface area contributed by atoms with Gasteiger partial charge in [-0.25, -0.2) is 4.98 Å². The van der Waals surface area contributed by atoms with Crippen molar-refractivity contribution in [3.05, 3.63) is 6.20 Å². The van der Waals surface area contributed by atoms with Crippen LogP contribution in [0.5, 0.6) is 0 Å². The molecule has 0 unspecified atom stereocenters. The summed E-state index contributed by atoms with van der Waals surface area (Å²) in [6.45, 7) is 1.23. The number of hydrogen-bond acceptors (Lipinski definition) is 7. The van der Waals surface area contributed by atoms with Crippen LogP contribution in [0, 0.1) is 5.92 Å². The molecule has 110 valence electrons. The minimum atomic E-state index is -0.174. The summed E-state index contributed by atoms with van der Waals surface area (Å²) in [5, 5.41) is 0.513. The highest BCUT2D eigenvalue weighted by atomic mass is 32.2. The molecule has 1 fully saturated rings. The second kappa shape index (κ2) is 6.94. The average molecular weight is 315 g/mol. The molecule has 1 aliphatic rings. The maximum atomic E-state index is 12.1. The Labute approximate surface area is 125 Å². The van der Waals surface area contributed by atoms with E-state index in [0.29, 0.717) is 36.8 Å². The lowest BCUT2D eigenvalue weighted by Crippen LogP contribution is -2.41. The smallest absolute Gasteiger partial charge is 0.308 e. The summed E-state index contributed by atoms with van der Waals surface area (Å²) in [6.07, 6.45) is 3.04. The first-order chi connectivity index (χ1) is 9.60. The summed E-state index contributed by atoms with van der Waals surface area (Å²) in [6, 6.07) is 0. The third-order valence-corrected chi connectivity index (χ3v) is 5.23. The zero-order valence-electron chi connectivity index (χ0n) is 11.2. The van der Waals surface area contributed by atoms with Gasteiger partial charge in [0.25, 0.3) is 0 Å². The van der Waals surface area contributed by atoms with Crippen molar-refractivity contribution in [2.75, 3.05) is 31.7 Å². The quantitative estimate of drug-likeness (QED) is 0.664. The van der Waals surface area contributed by atoms with Gasteiger partial charge in [-0.2, -0.15) is 0 Å². The van der Waals surface area contributed by atoms with Crippen molar-refractivity contribution in [2.45, 2.75) is 17.1 Å². The summed E-state index contributed by atoms with van der Waals surface area (Å²) in [4.78, 5) is 29.2. The number of likely N-dealkylation sites (tertiary alicyclic amines) is 1. The summed E-state index contributed by atoms with van der Waals surface area (Å²) in [5.74, 6) is 0.222. The number of amides is 1. The molecule has 6 nitrogen and oxygen atoms in total. The molecular formula is C12H17N3O3S2. The molecular weight excluding hydrogens is 298 g/mol. The molecule has 0 radical (unpaired) electrons. The minimum Gasteiger partial charge on any atom is -0.469 e. The number of hydrogen-bond donors (Lipinski definition) is 1. The Kier molecular flexibility index (Phi) is 5.24. The maximum absolute atomic E-state index is 12.1. The fraction of sp³-hybridized carbons (Fsp3) is 0.583. The van der Waals surface area contributed by atoms with Crippen LogP contribution in [0.4, 0.5) is 5.13 Å². The predicted molar refractivity (Wildman–Crippen MR) is 78.6 cm³/mol.